The highest BCUT2D eigenvalue weighted by Gasteiger charge is 2.13. The van der Waals surface area contributed by atoms with Crippen LogP contribution in [0.2, 0.25) is 0 Å². The van der Waals surface area contributed by atoms with E-state index in [2.05, 4.69) is 21.2 Å². The Morgan fingerprint density at radius 2 is 2.14 bits per heavy atom. The molecule has 0 unspecified atom stereocenters. The summed E-state index contributed by atoms with van der Waals surface area (Å²) < 4.78 is 18.7. The number of rotatable bonds is 4. The molecule has 110 valence electrons. The van der Waals surface area contributed by atoms with Gasteiger partial charge in [0.1, 0.15) is 5.82 Å². The third kappa shape index (κ3) is 3.80. The number of anilines is 2. The summed E-state index contributed by atoms with van der Waals surface area (Å²) in [5.74, 6) is -0.941. The fourth-order valence-electron chi connectivity index (χ4n) is 1.84. The molecule has 0 radical (unpaired) electrons. The Bertz CT molecular complexity index is 677. The Kier molecular flexibility index (Phi) is 4.93. The monoisotopic (exact) mass is 352 g/mol. The van der Waals surface area contributed by atoms with E-state index in [0.29, 0.717) is 16.8 Å². The van der Waals surface area contributed by atoms with E-state index in [1.165, 1.54) is 12.1 Å². The lowest BCUT2D eigenvalue weighted by Gasteiger charge is -2.09. The highest BCUT2D eigenvalue weighted by molar-refractivity contribution is 9.10. The molecular weight excluding hydrogens is 339 g/mol. The van der Waals surface area contributed by atoms with Crippen LogP contribution in [-0.4, -0.2) is 13.0 Å². The van der Waals surface area contributed by atoms with Crippen LogP contribution in [0.4, 0.5) is 15.8 Å². The van der Waals surface area contributed by atoms with Gasteiger partial charge in [-0.1, -0.05) is 12.1 Å². The predicted molar refractivity (Wildman–Crippen MR) is 83.6 cm³/mol. The van der Waals surface area contributed by atoms with Crippen molar-refractivity contribution in [3.63, 3.8) is 0 Å². The summed E-state index contributed by atoms with van der Waals surface area (Å²) in [5.41, 5.74) is 7.26. The molecule has 0 heterocycles. The van der Waals surface area contributed by atoms with Crippen LogP contribution in [0, 0.1) is 5.82 Å². The van der Waals surface area contributed by atoms with Crippen LogP contribution in [0.15, 0.2) is 40.9 Å². The second-order valence-electron chi connectivity index (χ2n) is 4.44. The van der Waals surface area contributed by atoms with Crippen molar-refractivity contribution in [1.82, 2.24) is 0 Å². The minimum atomic E-state index is -0.569. The third-order valence-corrected chi connectivity index (χ3v) is 3.48. The van der Waals surface area contributed by atoms with Gasteiger partial charge in [-0.25, -0.2) is 4.39 Å². The van der Waals surface area contributed by atoms with Gasteiger partial charge >= 0.3 is 0 Å². The second-order valence-corrected chi connectivity index (χ2v) is 5.30. The maximum absolute atomic E-state index is 13.3. The van der Waals surface area contributed by atoms with Gasteiger partial charge in [-0.15, -0.1) is 0 Å². The quantitative estimate of drug-likeness (QED) is 0.826. The first kappa shape index (κ1) is 15.5. The van der Waals surface area contributed by atoms with Crippen molar-refractivity contribution in [3.8, 4) is 0 Å². The van der Waals surface area contributed by atoms with Crippen molar-refractivity contribution in [1.29, 1.82) is 0 Å². The lowest BCUT2D eigenvalue weighted by Crippen LogP contribution is -2.13. The van der Waals surface area contributed by atoms with Crippen LogP contribution in [0.1, 0.15) is 15.9 Å². The summed E-state index contributed by atoms with van der Waals surface area (Å²) >= 11 is 3.16. The summed E-state index contributed by atoms with van der Waals surface area (Å²) in [4.78, 5) is 12.2. The molecule has 0 fully saturated rings. The van der Waals surface area contributed by atoms with Crippen LogP contribution in [-0.2, 0) is 11.3 Å². The molecule has 2 aromatic carbocycles. The van der Waals surface area contributed by atoms with E-state index in [9.17, 15) is 9.18 Å². The summed E-state index contributed by atoms with van der Waals surface area (Å²) in [6.45, 7) is 0.455. The van der Waals surface area contributed by atoms with Gasteiger partial charge in [0, 0.05) is 17.3 Å². The zero-order valence-corrected chi connectivity index (χ0v) is 12.9. The average Bonchev–Trinajstić information content (AvgIpc) is 2.43. The smallest absolute Gasteiger partial charge is 0.256 e. The first-order valence-electron chi connectivity index (χ1n) is 6.15. The molecule has 0 bridgehead atoms. The van der Waals surface area contributed by atoms with E-state index in [0.717, 1.165) is 5.56 Å². The molecule has 0 aromatic heterocycles. The highest BCUT2D eigenvalue weighted by Crippen LogP contribution is 2.24. The third-order valence-electron chi connectivity index (χ3n) is 2.83. The van der Waals surface area contributed by atoms with E-state index >= 15 is 0 Å². The number of methoxy groups -OCH3 is 1. The normalized spacial score (nSPS) is 10.4. The lowest BCUT2D eigenvalue weighted by atomic mass is 10.1. The molecule has 6 heteroatoms. The number of carbonyl (C=O) groups is 1. The molecule has 4 nitrogen and oxygen atoms in total. The number of nitrogens with one attached hydrogen (secondary N) is 1. The van der Waals surface area contributed by atoms with Crippen molar-refractivity contribution in [2.75, 3.05) is 18.2 Å². The van der Waals surface area contributed by atoms with Gasteiger partial charge in [-0.2, -0.15) is 0 Å². The molecule has 21 heavy (non-hydrogen) atoms. The molecule has 2 aromatic rings. The van der Waals surface area contributed by atoms with E-state index in [1.54, 1.807) is 13.2 Å². The van der Waals surface area contributed by atoms with Crippen molar-refractivity contribution < 1.29 is 13.9 Å². The number of nitrogens with two attached hydrogens (primary N) is 1. The fraction of sp³-hybridized carbons (Fsp3) is 0.133. The molecule has 3 N–H and O–H groups in total. The van der Waals surface area contributed by atoms with Gasteiger partial charge in [0.15, 0.2) is 0 Å². The topological polar surface area (TPSA) is 64.3 Å². The van der Waals surface area contributed by atoms with E-state index in [1.807, 2.05) is 18.2 Å². The first-order valence-corrected chi connectivity index (χ1v) is 6.94. The van der Waals surface area contributed by atoms with Gasteiger partial charge in [0.25, 0.3) is 5.91 Å². The number of benzene rings is 2. The summed E-state index contributed by atoms with van der Waals surface area (Å²) in [6, 6.07) is 9.75. The maximum Gasteiger partial charge on any atom is 0.256 e. The molecule has 0 saturated heterocycles. The molecule has 0 aliphatic carbocycles. The largest absolute Gasteiger partial charge is 0.396 e. The molecule has 0 spiro atoms. The van der Waals surface area contributed by atoms with Crippen molar-refractivity contribution in [2.45, 2.75) is 6.61 Å². The molecule has 0 aliphatic rings. The second kappa shape index (κ2) is 6.69. The summed E-state index contributed by atoms with van der Waals surface area (Å²) in [5, 5.41) is 2.74. The van der Waals surface area contributed by atoms with Crippen LogP contribution in [0.25, 0.3) is 0 Å². The minimum Gasteiger partial charge on any atom is -0.396 e. The molecule has 0 saturated carbocycles. The van der Waals surface area contributed by atoms with Crippen LogP contribution in [0.3, 0.4) is 0 Å². The maximum atomic E-state index is 13.3. The SMILES string of the molecule is COCc1cccc(NC(=O)c2cc(N)c(F)cc2Br)c1. The number of hydrogen-bond donors (Lipinski definition) is 2. The molecule has 0 atom stereocenters. The number of halogens is 2. The Balaban J connectivity index is 2.22. The molecular formula is C15H14BrFN2O2. The van der Waals surface area contributed by atoms with Gasteiger partial charge in [-0.3, -0.25) is 4.79 Å². The summed E-state index contributed by atoms with van der Waals surface area (Å²) in [6.07, 6.45) is 0. The fourth-order valence-corrected chi connectivity index (χ4v) is 2.34. The zero-order valence-electron chi connectivity index (χ0n) is 11.3. The number of amides is 1. The number of nitrogen functional groups attached to an aromatic ring is 1. The van der Waals surface area contributed by atoms with Crippen LogP contribution in [0.5, 0.6) is 0 Å². The van der Waals surface area contributed by atoms with Crippen molar-refractivity contribution in [2.24, 2.45) is 0 Å². The number of ether oxygens (including phenoxy) is 1. The van der Waals surface area contributed by atoms with E-state index in [4.69, 9.17) is 10.5 Å². The Morgan fingerprint density at radius 1 is 1.38 bits per heavy atom. The first-order chi connectivity index (χ1) is 10.0. The molecule has 0 aliphatic heterocycles. The zero-order chi connectivity index (χ0) is 15.4. The Hall–Kier alpha value is -1.92. The van der Waals surface area contributed by atoms with Gasteiger partial charge in [-0.05, 0) is 45.8 Å². The van der Waals surface area contributed by atoms with Crippen molar-refractivity contribution in [3.05, 3.63) is 57.8 Å². The van der Waals surface area contributed by atoms with Crippen LogP contribution >= 0.6 is 15.9 Å². The predicted octanol–water partition coefficient (Wildman–Crippen LogP) is 3.57. The minimum absolute atomic E-state index is 0.0727. The standard InChI is InChI=1S/C15H14BrFN2O2/c1-21-8-9-3-2-4-10(5-9)19-15(20)11-6-14(18)13(17)7-12(11)16/h2-7H,8,18H2,1H3,(H,19,20). The van der Waals surface area contributed by atoms with E-state index in [-0.39, 0.29) is 17.2 Å². The van der Waals surface area contributed by atoms with Gasteiger partial charge in [0.05, 0.1) is 17.9 Å². The highest BCUT2D eigenvalue weighted by atomic mass is 79.9. The summed E-state index contributed by atoms with van der Waals surface area (Å²) in [7, 11) is 1.60. The Morgan fingerprint density at radius 3 is 2.86 bits per heavy atom. The molecule has 2 rings (SSSR count). The number of hydrogen-bond acceptors (Lipinski definition) is 3. The van der Waals surface area contributed by atoms with Crippen LogP contribution < -0.4 is 11.1 Å². The molecule has 1 amide bonds. The number of carbonyl (C=O) groups excluding carboxylic acids is 1. The van der Waals surface area contributed by atoms with Gasteiger partial charge < -0.3 is 15.8 Å². The van der Waals surface area contributed by atoms with Gasteiger partial charge in [0.2, 0.25) is 0 Å². The lowest BCUT2D eigenvalue weighted by molar-refractivity contribution is 0.102. The average molecular weight is 353 g/mol. The van der Waals surface area contributed by atoms with Crippen molar-refractivity contribution >= 4 is 33.2 Å². The Labute approximate surface area is 130 Å². The van der Waals surface area contributed by atoms with E-state index < -0.39 is 5.82 Å².